The Bertz CT molecular complexity index is 398. The van der Waals surface area contributed by atoms with Crippen molar-refractivity contribution in [2.24, 2.45) is 11.7 Å². The summed E-state index contributed by atoms with van der Waals surface area (Å²) in [5, 5.41) is 9.04. The van der Waals surface area contributed by atoms with Crippen LogP contribution in [0, 0.1) is 12.8 Å². The van der Waals surface area contributed by atoms with Gasteiger partial charge in [0.05, 0.1) is 12.5 Å². The number of carbonyl (C=O) groups is 2. The first kappa shape index (κ1) is 13.4. The molecule has 0 bridgehead atoms. The molecule has 0 saturated carbocycles. The Morgan fingerprint density at radius 2 is 1.88 bits per heavy atom. The summed E-state index contributed by atoms with van der Waals surface area (Å²) < 4.78 is 0. The average molecular weight is 235 g/mol. The molecule has 92 valence electrons. The standard InChI is InChI=1S/C13H17NO3/c1-9-2-4-10(5-3-9)6-11(13(16)17)7-12(15)8-14/h2-5,11H,6-8,14H2,1H3,(H,16,17). The molecular weight excluding hydrogens is 218 g/mol. The summed E-state index contributed by atoms with van der Waals surface area (Å²) in [5.74, 6) is -1.86. The van der Waals surface area contributed by atoms with E-state index in [1.54, 1.807) is 0 Å². The van der Waals surface area contributed by atoms with Crippen LogP contribution >= 0.6 is 0 Å². The Morgan fingerprint density at radius 3 is 2.35 bits per heavy atom. The molecule has 0 aliphatic rings. The van der Waals surface area contributed by atoms with Gasteiger partial charge in [0.15, 0.2) is 0 Å². The number of ketones is 1. The van der Waals surface area contributed by atoms with E-state index >= 15 is 0 Å². The number of hydrogen-bond donors (Lipinski definition) is 2. The molecule has 0 aliphatic carbocycles. The number of benzene rings is 1. The second-order valence-corrected chi connectivity index (χ2v) is 4.17. The normalized spacial score (nSPS) is 12.1. The molecule has 17 heavy (non-hydrogen) atoms. The number of rotatable bonds is 6. The largest absolute Gasteiger partial charge is 0.481 e. The van der Waals surface area contributed by atoms with Gasteiger partial charge in [-0.15, -0.1) is 0 Å². The number of hydrogen-bond acceptors (Lipinski definition) is 3. The zero-order valence-corrected chi connectivity index (χ0v) is 9.85. The predicted molar refractivity (Wildman–Crippen MR) is 64.7 cm³/mol. The average Bonchev–Trinajstić information content (AvgIpc) is 2.30. The van der Waals surface area contributed by atoms with E-state index in [-0.39, 0.29) is 18.7 Å². The number of nitrogens with two attached hydrogens (primary N) is 1. The van der Waals surface area contributed by atoms with Gasteiger partial charge in [-0.1, -0.05) is 29.8 Å². The molecule has 0 radical (unpaired) electrons. The van der Waals surface area contributed by atoms with Crippen molar-refractivity contribution in [3.8, 4) is 0 Å². The Balaban J connectivity index is 2.70. The molecule has 0 spiro atoms. The van der Waals surface area contributed by atoms with Gasteiger partial charge in [0.25, 0.3) is 0 Å². The smallest absolute Gasteiger partial charge is 0.307 e. The van der Waals surface area contributed by atoms with Crippen molar-refractivity contribution in [2.75, 3.05) is 6.54 Å². The molecule has 1 unspecified atom stereocenters. The maximum absolute atomic E-state index is 11.2. The molecular formula is C13H17NO3. The molecule has 0 amide bonds. The van der Waals surface area contributed by atoms with Crippen molar-refractivity contribution in [3.63, 3.8) is 0 Å². The van der Waals surface area contributed by atoms with Crippen LogP contribution in [0.1, 0.15) is 17.5 Å². The van der Waals surface area contributed by atoms with Gasteiger partial charge in [-0.05, 0) is 18.9 Å². The summed E-state index contributed by atoms with van der Waals surface area (Å²) in [6, 6.07) is 7.63. The molecule has 0 heterocycles. The van der Waals surface area contributed by atoms with Crippen LogP contribution in [0.25, 0.3) is 0 Å². The van der Waals surface area contributed by atoms with Crippen molar-refractivity contribution in [2.45, 2.75) is 19.8 Å². The minimum atomic E-state index is -0.952. The van der Waals surface area contributed by atoms with Crippen LogP contribution < -0.4 is 5.73 Å². The lowest BCUT2D eigenvalue weighted by Crippen LogP contribution is -2.24. The maximum Gasteiger partial charge on any atom is 0.307 e. The minimum Gasteiger partial charge on any atom is -0.481 e. The van der Waals surface area contributed by atoms with E-state index in [0.717, 1.165) is 11.1 Å². The van der Waals surface area contributed by atoms with Crippen LogP contribution in [-0.2, 0) is 16.0 Å². The monoisotopic (exact) mass is 235 g/mol. The Labute approximate surface area is 100 Å². The van der Waals surface area contributed by atoms with E-state index in [4.69, 9.17) is 10.8 Å². The van der Waals surface area contributed by atoms with Gasteiger partial charge in [-0.2, -0.15) is 0 Å². The highest BCUT2D eigenvalue weighted by molar-refractivity contribution is 5.85. The fraction of sp³-hybridized carbons (Fsp3) is 0.385. The van der Waals surface area contributed by atoms with Crippen molar-refractivity contribution in [1.82, 2.24) is 0 Å². The first-order chi connectivity index (χ1) is 8.02. The lowest BCUT2D eigenvalue weighted by molar-refractivity contribution is -0.143. The highest BCUT2D eigenvalue weighted by Gasteiger charge is 2.20. The molecule has 1 atom stereocenters. The minimum absolute atomic E-state index is 0.000288. The van der Waals surface area contributed by atoms with Crippen molar-refractivity contribution in [1.29, 1.82) is 0 Å². The molecule has 0 saturated heterocycles. The molecule has 4 heteroatoms. The molecule has 3 N–H and O–H groups in total. The van der Waals surface area contributed by atoms with Gasteiger partial charge in [0, 0.05) is 6.42 Å². The fourth-order valence-corrected chi connectivity index (χ4v) is 1.61. The van der Waals surface area contributed by atoms with E-state index in [1.165, 1.54) is 0 Å². The maximum atomic E-state index is 11.2. The van der Waals surface area contributed by atoms with Crippen LogP contribution in [0.15, 0.2) is 24.3 Å². The second kappa shape index (κ2) is 6.15. The molecule has 0 aliphatic heterocycles. The number of carboxylic acid groups (broad SMARTS) is 1. The molecule has 4 nitrogen and oxygen atoms in total. The Hall–Kier alpha value is -1.68. The van der Waals surface area contributed by atoms with E-state index in [0.29, 0.717) is 6.42 Å². The highest BCUT2D eigenvalue weighted by Crippen LogP contribution is 2.14. The zero-order chi connectivity index (χ0) is 12.8. The number of Topliss-reactive ketones (excluding diaryl/α,β-unsaturated/α-hetero) is 1. The third kappa shape index (κ3) is 4.36. The lowest BCUT2D eigenvalue weighted by Gasteiger charge is -2.11. The van der Waals surface area contributed by atoms with Gasteiger partial charge < -0.3 is 10.8 Å². The van der Waals surface area contributed by atoms with Gasteiger partial charge >= 0.3 is 5.97 Å². The van der Waals surface area contributed by atoms with Crippen molar-refractivity contribution >= 4 is 11.8 Å². The molecule has 1 aromatic carbocycles. The molecule has 1 rings (SSSR count). The summed E-state index contributed by atoms with van der Waals surface area (Å²) >= 11 is 0. The lowest BCUT2D eigenvalue weighted by atomic mass is 9.94. The topological polar surface area (TPSA) is 80.4 Å². The quantitative estimate of drug-likeness (QED) is 0.775. The number of aryl methyl sites for hydroxylation is 1. The van der Waals surface area contributed by atoms with E-state index in [2.05, 4.69) is 0 Å². The summed E-state index contributed by atoms with van der Waals surface area (Å²) in [6.45, 7) is 1.87. The fourth-order valence-electron chi connectivity index (χ4n) is 1.61. The first-order valence-electron chi connectivity index (χ1n) is 5.53. The molecule has 1 aromatic rings. The Morgan fingerprint density at radius 1 is 1.29 bits per heavy atom. The van der Waals surface area contributed by atoms with E-state index < -0.39 is 11.9 Å². The van der Waals surface area contributed by atoms with Crippen LogP contribution in [0.3, 0.4) is 0 Å². The molecule has 0 fully saturated rings. The number of carbonyl (C=O) groups excluding carboxylic acids is 1. The number of carboxylic acids is 1. The summed E-state index contributed by atoms with van der Waals surface area (Å²) in [6.07, 6.45) is 0.362. The van der Waals surface area contributed by atoms with E-state index in [1.807, 2.05) is 31.2 Å². The summed E-state index contributed by atoms with van der Waals surface area (Å²) in [5.41, 5.74) is 7.24. The van der Waals surface area contributed by atoms with Gasteiger partial charge in [0.1, 0.15) is 5.78 Å². The number of aliphatic carboxylic acids is 1. The SMILES string of the molecule is Cc1ccc(CC(CC(=O)CN)C(=O)O)cc1. The predicted octanol–water partition coefficient (Wildman–Crippen LogP) is 1.16. The highest BCUT2D eigenvalue weighted by atomic mass is 16.4. The second-order valence-electron chi connectivity index (χ2n) is 4.17. The summed E-state index contributed by atoms with van der Waals surface area (Å²) in [4.78, 5) is 22.2. The third-order valence-electron chi connectivity index (χ3n) is 2.65. The molecule has 0 aromatic heterocycles. The van der Waals surface area contributed by atoms with Gasteiger partial charge in [-0.25, -0.2) is 0 Å². The van der Waals surface area contributed by atoms with Crippen LogP contribution in [0.4, 0.5) is 0 Å². The zero-order valence-electron chi connectivity index (χ0n) is 9.85. The first-order valence-corrected chi connectivity index (χ1v) is 5.53. The van der Waals surface area contributed by atoms with E-state index in [9.17, 15) is 9.59 Å². The third-order valence-corrected chi connectivity index (χ3v) is 2.65. The van der Waals surface area contributed by atoms with Crippen LogP contribution in [-0.4, -0.2) is 23.4 Å². The van der Waals surface area contributed by atoms with Gasteiger partial charge in [0.2, 0.25) is 0 Å². The van der Waals surface area contributed by atoms with Crippen molar-refractivity contribution < 1.29 is 14.7 Å². The van der Waals surface area contributed by atoms with Crippen molar-refractivity contribution in [3.05, 3.63) is 35.4 Å². The van der Waals surface area contributed by atoms with Gasteiger partial charge in [-0.3, -0.25) is 9.59 Å². The van der Waals surface area contributed by atoms with Crippen LogP contribution in [0.2, 0.25) is 0 Å². The van der Waals surface area contributed by atoms with Crippen LogP contribution in [0.5, 0.6) is 0 Å². The Kier molecular flexibility index (Phi) is 4.84. The summed E-state index contributed by atoms with van der Waals surface area (Å²) in [7, 11) is 0.